The minimum absolute atomic E-state index is 0.551. The van der Waals surface area contributed by atoms with Crippen molar-refractivity contribution in [3.05, 3.63) is 59.7 Å². The fourth-order valence-corrected chi connectivity index (χ4v) is 2.14. The molecule has 94 valence electrons. The Morgan fingerprint density at radius 1 is 0.737 bits per heavy atom. The second-order valence-electron chi connectivity index (χ2n) is 4.65. The van der Waals surface area contributed by atoms with Gasteiger partial charge in [-0.25, -0.2) is 0 Å². The van der Waals surface area contributed by atoms with Crippen molar-refractivity contribution in [2.45, 2.75) is 13.8 Å². The molecule has 0 radical (unpaired) electrons. The van der Waals surface area contributed by atoms with Crippen LogP contribution in [0.3, 0.4) is 0 Å². The second-order valence-corrected chi connectivity index (χ2v) is 4.65. The summed E-state index contributed by atoms with van der Waals surface area (Å²) in [6.45, 7) is 4.12. The van der Waals surface area contributed by atoms with Crippen LogP contribution in [0.25, 0.3) is 22.9 Å². The third-order valence-electron chi connectivity index (χ3n) is 2.91. The first-order chi connectivity index (χ1) is 9.22. The van der Waals surface area contributed by atoms with Gasteiger partial charge in [0.2, 0.25) is 11.8 Å². The number of hydrogen-bond acceptors (Lipinski definition) is 3. The maximum Gasteiger partial charge on any atom is 0.248 e. The van der Waals surface area contributed by atoms with Gasteiger partial charge in [0.15, 0.2) is 0 Å². The molecule has 0 aliphatic rings. The van der Waals surface area contributed by atoms with E-state index >= 15 is 0 Å². The number of benzene rings is 2. The van der Waals surface area contributed by atoms with Crippen LogP contribution in [0.2, 0.25) is 0 Å². The summed E-state index contributed by atoms with van der Waals surface area (Å²) in [6.07, 6.45) is 0. The molecule has 0 saturated heterocycles. The van der Waals surface area contributed by atoms with Gasteiger partial charge < -0.3 is 4.42 Å². The molecule has 3 rings (SSSR count). The second kappa shape index (κ2) is 4.69. The molecule has 0 unspecified atom stereocenters. The van der Waals surface area contributed by atoms with E-state index in [2.05, 4.69) is 42.2 Å². The largest absolute Gasteiger partial charge is 0.416 e. The average molecular weight is 250 g/mol. The number of aryl methyl sites for hydroxylation is 2. The number of rotatable bonds is 2. The smallest absolute Gasteiger partial charge is 0.248 e. The standard InChI is InChI=1S/C16H14N2O/c1-11-8-12(2)10-14(9-11)16-18-17-15(19-16)13-6-4-3-5-7-13/h3-10H,1-2H3. The molecule has 3 aromatic rings. The lowest BCUT2D eigenvalue weighted by atomic mass is 10.1. The number of nitrogens with zero attached hydrogens (tertiary/aromatic N) is 2. The predicted molar refractivity (Wildman–Crippen MR) is 74.6 cm³/mol. The van der Waals surface area contributed by atoms with Gasteiger partial charge in [-0.15, -0.1) is 10.2 Å². The molecule has 0 bridgehead atoms. The molecule has 0 saturated carbocycles. The topological polar surface area (TPSA) is 38.9 Å². The highest BCUT2D eigenvalue weighted by molar-refractivity contribution is 5.59. The Morgan fingerprint density at radius 3 is 1.95 bits per heavy atom. The Kier molecular flexibility index (Phi) is 2.88. The summed E-state index contributed by atoms with van der Waals surface area (Å²) in [7, 11) is 0. The fraction of sp³-hybridized carbons (Fsp3) is 0.125. The minimum atomic E-state index is 0.551. The summed E-state index contributed by atoms with van der Waals surface area (Å²) in [6, 6.07) is 16.0. The average Bonchev–Trinajstić information content (AvgIpc) is 2.88. The van der Waals surface area contributed by atoms with E-state index in [4.69, 9.17) is 4.42 Å². The lowest BCUT2D eigenvalue weighted by Gasteiger charge is -2.00. The molecule has 3 nitrogen and oxygen atoms in total. The molecule has 1 heterocycles. The van der Waals surface area contributed by atoms with Crippen molar-refractivity contribution in [1.82, 2.24) is 10.2 Å². The van der Waals surface area contributed by atoms with Crippen molar-refractivity contribution in [1.29, 1.82) is 0 Å². The summed E-state index contributed by atoms with van der Waals surface area (Å²) in [5, 5.41) is 8.23. The fourth-order valence-electron chi connectivity index (χ4n) is 2.14. The third-order valence-corrected chi connectivity index (χ3v) is 2.91. The molecule has 3 heteroatoms. The van der Waals surface area contributed by atoms with Crippen molar-refractivity contribution in [3.8, 4) is 22.9 Å². The third kappa shape index (κ3) is 2.40. The monoisotopic (exact) mass is 250 g/mol. The normalized spacial score (nSPS) is 10.6. The quantitative estimate of drug-likeness (QED) is 0.689. The van der Waals surface area contributed by atoms with E-state index in [-0.39, 0.29) is 0 Å². The highest BCUT2D eigenvalue weighted by Gasteiger charge is 2.10. The van der Waals surface area contributed by atoms with Crippen molar-refractivity contribution < 1.29 is 4.42 Å². The van der Waals surface area contributed by atoms with Crippen LogP contribution in [-0.4, -0.2) is 10.2 Å². The van der Waals surface area contributed by atoms with Crippen molar-refractivity contribution in [3.63, 3.8) is 0 Å². The Morgan fingerprint density at radius 2 is 1.32 bits per heavy atom. The first-order valence-corrected chi connectivity index (χ1v) is 6.20. The lowest BCUT2D eigenvalue weighted by Crippen LogP contribution is -1.82. The molecule has 2 aromatic carbocycles. The highest BCUT2D eigenvalue weighted by atomic mass is 16.4. The zero-order valence-corrected chi connectivity index (χ0v) is 10.9. The summed E-state index contributed by atoms with van der Waals surface area (Å²) in [5.74, 6) is 1.11. The van der Waals surface area contributed by atoms with E-state index < -0.39 is 0 Å². The first kappa shape index (κ1) is 11.7. The zero-order chi connectivity index (χ0) is 13.2. The minimum Gasteiger partial charge on any atom is -0.416 e. The molecule has 0 amide bonds. The Bertz CT molecular complexity index is 682. The molecule has 0 spiro atoms. The van der Waals surface area contributed by atoms with E-state index in [0.29, 0.717) is 11.8 Å². The van der Waals surface area contributed by atoms with Gasteiger partial charge in [-0.3, -0.25) is 0 Å². The van der Waals surface area contributed by atoms with E-state index in [9.17, 15) is 0 Å². The van der Waals surface area contributed by atoms with Crippen molar-refractivity contribution in [2.24, 2.45) is 0 Å². The maximum atomic E-state index is 5.74. The molecule has 0 fully saturated rings. The van der Waals surface area contributed by atoms with Gasteiger partial charge in [0, 0.05) is 11.1 Å². The van der Waals surface area contributed by atoms with Crippen LogP contribution >= 0.6 is 0 Å². The van der Waals surface area contributed by atoms with E-state index in [1.165, 1.54) is 11.1 Å². The van der Waals surface area contributed by atoms with Gasteiger partial charge in [0.1, 0.15) is 0 Å². The van der Waals surface area contributed by atoms with Gasteiger partial charge in [-0.2, -0.15) is 0 Å². The molecular weight excluding hydrogens is 236 g/mol. The molecule has 0 N–H and O–H groups in total. The lowest BCUT2D eigenvalue weighted by molar-refractivity contribution is 0.584. The van der Waals surface area contributed by atoms with E-state index in [1.54, 1.807) is 0 Å². The SMILES string of the molecule is Cc1cc(C)cc(-c2nnc(-c3ccccc3)o2)c1. The van der Waals surface area contributed by atoms with Crippen molar-refractivity contribution >= 4 is 0 Å². The van der Waals surface area contributed by atoms with Crippen LogP contribution in [0.1, 0.15) is 11.1 Å². The van der Waals surface area contributed by atoms with Gasteiger partial charge in [-0.1, -0.05) is 35.4 Å². The van der Waals surface area contributed by atoms with Crippen LogP contribution in [-0.2, 0) is 0 Å². The highest BCUT2D eigenvalue weighted by Crippen LogP contribution is 2.25. The predicted octanol–water partition coefficient (Wildman–Crippen LogP) is 4.02. The Balaban J connectivity index is 2.02. The molecule has 19 heavy (non-hydrogen) atoms. The Hall–Kier alpha value is -2.42. The van der Waals surface area contributed by atoms with Gasteiger partial charge in [-0.05, 0) is 38.1 Å². The maximum absolute atomic E-state index is 5.74. The summed E-state index contributed by atoms with van der Waals surface area (Å²) >= 11 is 0. The van der Waals surface area contributed by atoms with Gasteiger partial charge in [0.05, 0.1) is 0 Å². The van der Waals surface area contributed by atoms with Gasteiger partial charge in [0.25, 0.3) is 0 Å². The van der Waals surface area contributed by atoms with Gasteiger partial charge >= 0.3 is 0 Å². The summed E-state index contributed by atoms with van der Waals surface area (Å²) < 4.78 is 5.74. The van der Waals surface area contributed by atoms with E-state index in [0.717, 1.165) is 11.1 Å². The van der Waals surface area contributed by atoms with Crippen LogP contribution in [0.5, 0.6) is 0 Å². The summed E-state index contributed by atoms with van der Waals surface area (Å²) in [4.78, 5) is 0. The number of aromatic nitrogens is 2. The summed E-state index contributed by atoms with van der Waals surface area (Å²) in [5.41, 5.74) is 4.28. The van der Waals surface area contributed by atoms with Crippen molar-refractivity contribution in [2.75, 3.05) is 0 Å². The van der Waals surface area contributed by atoms with E-state index in [1.807, 2.05) is 30.3 Å². The molecular formula is C16H14N2O. The van der Waals surface area contributed by atoms with Crippen LogP contribution in [0.4, 0.5) is 0 Å². The molecule has 1 aromatic heterocycles. The number of hydrogen-bond donors (Lipinski definition) is 0. The van der Waals surface area contributed by atoms with Crippen LogP contribution in [0, 0.1) is 13.8 Å². The zero-order valence-electron chi connectivity index (χ0n) is 10.9. The Labute approximate surface area is 111 Å². The first-order valence-electron chi connectivity index (χ1n) is 6.20. The molecule has 0 aliphatic carbocycles. The van der Waals surface area contributed by atoms with Crippen LogP contribution in [0.15, 0.2) is 52.9 Å². The molecule has 0 atom stereocenters. The molecule has 0 aliphatic heterocycles. The van der Waals surface area contributed by atoms with Crippen LogP contribution < -0.4 is 0 Å².